The van der Waals surface area contributed by atoms with Crippen LogP contribution in [0.1, 0.15) is 18.1 Å². The fraction of sp³-hybridized carbons (Fsp3) is 0.158. The maximum atomic E-state index is 9.92. The minimum Gasteiger partial charge on any atom is -0.508 e. The summed E-state index contributed by atoms with van der Waals surface area (Å²) in [7, 11) is 2.10. The lowest BCUT2D eigenvalue weighted by Crippen LogP contribution is -2.44. The molecular weight excluding hydrogens is 290 g/mol. The van der Waals surface area contributed by atoms with Crippen LogP contribution < -0.4 is 4.90 Å². The van der Waals surface area contributed by atoms with Gasteiger partial charge in [0.2, 0.25) is 0 Å². The summed E-state index contributed by atoms with van der Waals surface area (Å²) >= 11 is 1.76. The third kappa shape index (κ3) is 1.66. The van der Waals surface area contributed by atoms with E-state index >= 15 is 0 Å². The minimum atomic E-state index is -0.239. The van der Waals surface area contributed by atoms with Crippen molar-refractivity contribution in [2.45, 2.75) is 12.5 Å². The van der Waals surface area contributed by atoms with Crippen LogP contribution in [0.15, 0.2) is 60.0 Å². The Hall–Kier alpha value is -2.26. The molecule has 110 valence electrons. The van der Waals surface area contributed by atoms with Gasteiger partial charge in [0.15, 0.2) is 0 Å². The molecule has 2 aromatic carbocycles. The van der Waals surface area contributed by atoms with Gasteiger partial charge in [-0.15, -0.1) is 11.3 Å². The van der Waals surface area contributed by atoms with Gasteiger partial charge in [0.05, 0.1) is 5.54 Å². The number of rotatable bonds is 1. The minimum absolute atomic E-state index is 0.239. The normalized spacial score (nSPS) is 19.6. The van der Waals surface area contributed by atoms with Crippen molar-refractivity contribution in [3.05, 3.63) is 71.1 Å². The molecule has 1 aliphatic heterocycles. The van der Waals surface area contributed by atoms with Crippen molar-refractivity contribution in [2.24, 2.45) is 0 Å². The molecule has 0 radical (unpaired) electrons. The zero-order valence-electron chi connectivity index (χ0n) is 12.6. The molecule has 22 heavy (non-hydrogen) atoms. The molecule has 0 bridgehead atoms. The lowest BCUT2D eigenvalue weighted by molar-refractivity contribution is 0.474. The molecule has 0 aliphatic carbocycles. The predicted octanol–water partition coefficient (Wildman–Crippen LogP) is 4.83. The van der Waals surface area contributed by atoms with Crippen molar-refractivity contribution >= 4 is 17.0 Å². The summed E-state index contributed by atoms with van der Waals surface area (Å²) in [6, 6.07) is 18.4. The molecule has 1 aliphatic rings. The van der Waals surface area contributed by atoms with Crippen LogP contribution in [0.25, 0.3) is 10.4 Å². The van der Waals surface area contributed by atoms with Crippen LogP contribution in [0.2, 0.25) is 0 Å². The van der Waals surface area contributed by atoms with Crippen molar-refractivity contribution in [1.29, 1.82) is 0 Å². The van der Waals surface area contributed by atoms with Gasteiger partial charge in [0.1, 0.15) is 5.75 Å². The van der Waals surface area contributed by atoms with Crippen molar-refractivity contribution in [2.75, 3.05) is 11.9 Å². The molecule has 0 amide bonds. The number of phenols is 1. The first-order valence-corrected chi connectivity index (χ1v) is 8.21. The molecule has 0 fully saturated rings. The molecule has 1 unspecified atom stereocenters. The highest BCUT2D eigenvalue weighted by Gasteiger charge is 2.41. The van der Waals surface area contributed by atoms with E-state index in [1.807, 2.05) is 18.2 Å². The summed E-state index contributed by atoms with van der Waals surface area (Å²) in [5.74, 6) is 0.306. The van der Waals surface area contributed by atoms with Gasteiger partial charge in [0.25, 0.3) is 0 Å². The van der Waals surface area contributed by atoms with Crippen LogP contribution in [0.4, 0.5) is 5.69 Å². The van der Waals surface area contributed by atoms with Crippen molar-refractivity contribution < 1.29 is 5.11 Å². The van der Waals surface area contributed by atoms with E-state index in [1.54, 1.807) is 17.4 Å². The van der Waals surface area contributed by atoms with Crippen LogP contribution in [-0.4, -0.2) is 12.2 Å². The Balaban J connectivity index is 2.04. The molecule has 1 atom stereocenters. The lowest BCUT2D eigenvalue weighted by atomic mass is 9.79. The van der Waals surface area contributed by atoms with Crippen molar-refractivity contribution in [3.8, 4) is 16.2 Å². The molecule has 1 aromatic heterocycles. The average molecular weight is 307 g/mol. The van der Waals surface area contributed by atoms with Gasteiger partial charge in [-0.2, -0.15) is 0 Å². The van der Waals surface area contributed by atoms with Gasteiger partial charge in [0, 0.05) is 34.8 Å². The Kier molecular flexibility index (Phi) is 2.81. The highest BCUT2D eigenvalue weighted by Crippen LogP contribution is 2.52. The number of phenolic OH excluding ortho intramolecular Hbond substituents is 1. The summed E-state index contributed by atoms with van der Waals surface area (Å²) < 4.78 is 0. The van der Waals surface area contributed by atoms with Crippen LogP contribution in [0.5, 0.6) is 5.75 Å². The van der Waals surface area contributed by atoms with E-state index < -0.39 is 0 Å². The van der Waals surface area contributed by atoms with Crippen LogP contribution >= 0.6 is 11.3 Å². The summed E-state index contributed by atoms with van der Waals surface area (Å²) in [5, 5.41) is 12.1. The van der Waals surface area contributed by atoms with Crippen LogP contribution in [-0.2, 0) is 5.54 Å². The summed E-state index contributed by atoms with van der Waals surface area (Å²) in [6.07, 6.45) is 0. The first-order valence-electron chi connectivity index (χ1n) is 7.33. The summed E-state index contributed by atoms with van der Waals surface area (Å²) in [6.45, 7) is 2.25. The lowest BCUT2D eigenvalue weighted by Gasteiger charge is -2.45. The monoisotopic (exact) mass is 307 g/mol. The first kappa shape index (κ1) is 13.4. The number of benzene rings is 2. The van der Waals surface area contributed by atoms with Gasteiger partial charge in [-0.3, -0.25) is 0 Å². The molecule has 3 aromatic rings. The second-order valence-corrected chi connectivity index (χ2v) is 6.78. The molecule has 1 N–H and O–H groups in total. The third-order valence-electron chi connectivity index (χ3n) is 4.78. The largest absolute Gasteiger partial charge is 0.508 e. The van der Waals surface area contributed by atoms with Gasteiger partial charge in [-0.1, -0.05) is 30.3 Å². The maximum absolute atomic E-state index is 9.92. The number of hydrogen-bond donors (Lipinski definition) is 1. The molecule has 2 heterocycles. The van der Waals surface area contributed by atoms with Crippen molar-refractivity contribution in [1.82, 2.24) is 0 Å². The maximum Gasteiger partial charge on any atom is 0.117 e. The zero-order chi connectivity index (χ0) is 15.3. The predicted molar refractivity (Wildman–Crippen MR) is 92.7 cm³/mol. The Bertz CT molecular complexity index is 840. The Morgan fingerprint density at radius 1 is 1.05 bits per heavy atom. The number of hydrogen-bond acceptors (Lipinski definition) is 3. The highest BCUT2D eigenvalue weighted by atomic mass is 32.1. The topological polar surface area (TPSA) is 23.5 Å². The second-order valence-electron chi connectivity index (χ2n) is 5.86. The first-order chi connectivity index (χ1) is 10.6. The van der Waals surface area contributed by atoms with E-state index in [2.05, 4.69) is 54.6 Å². The zero-order valence-corrected chi connectivity index (χ0v) is 13.4. The van der Waals surface area contributed by atoms with E-state index in [0.29, 0.717) is 5.75 Å². The smallest absolute Gasteiger partial charge is 0.117 e. The van der Waals surface area contributed by atoms with Gasteiger partial charge in [-0.25, -0.2) is 0 Å². The van der Waals surface area contributed by atoms with E-state index in [0.717, 1.165) is 5.69 Å². The van der Waals surface area contributed by atoms with E-state index in [1.165, 1.54) is 21.6 Å². The highest BCUT2D eigenvalue weighted by molar-refractivity contribution is 7.13. The quantitative estimate of drug-likeness (QED) is 0.696. The fourth-order valence-corrected chi connectivity index (χ4v) is 4.46. The average Bonchev–Trinajstić information content (AvgIpc) is 3.03. The molecule has 0 spiro atoms. The SMILES string of the molecule is CN1c2cc(O)ccc2-c2sccc2C1(C)c1ccccc1. The number of aromatic hydroxyl groups is 1. The Morgan fingerprint density at radius 3 is 2.59 bits per heavy atom. The van der Waals surface area contributed by atoms with Gasteiger partial charge < -0.3 is 10.0 Å². The fourth-order valence-electron chi connectivity index (χ4n) is 3.42. The molecular formula is C19H17NOS. The molecule has 2 nitrogen and oxygen atoms in total. The van der Waals surface area contributed by atoms with E-state index in [9.17, 15) is 5.11 Å². The molecule has 3 heteroatoms. The number of nitrogens with zero attached hydrogens (tertiary/aromatic N) is 1. The molecule has 0 saturated carbocycles. The molecule has 4 rings (SSSR count). The standard InChI is InChI=1S/C19H17NOS/c1-19(13-6-4-3-5-7-13)16-10-11-22-18(16)15-9-8-14(21)12-17(15)20(19)2/h3-12,21H,1-2H3. The Morgan fingerprint density at radius 2 is 1.82 bits per heavy atom. The number of thiophene rings is 1. The summed E-state index contributed by atoms with van der Waals surface area (Å²) in [4.78, 5) is 3.56. The van der Waals surface area contributed by atoms with E-state index in [-0.39, 0.29) is 5.54 Å². The number of anilines is 1. The molecule has 0 saturated heterocycles. The van der Waals surface area contributed by atoms with Gasteiger partial charge in [-0.05, 0) is 36.1 Å². The summed E-state index contributed by atoms with van der Waals surface area (Å²) in [5.41, 5.74) is 4.60. The van der Waals surface area contributed by atoms with Crippen LogP contribution in [0, 0.1) is 0 Å². The van der Waals surface area contributed by atoms with Crippen LogP contribution in [0.3, 0.4) is 0 Å². The second kappa shape index (κ2) is 4.62. The van der Waals surface area contributed by atoms with E-state index in [4.69, 9.17) is 0 Å². The van der Waals surface area contributed by atoms with Gasteiger partial charge >= 0.3 is 0 Å². The Labute approximate surface area is 134 Å². The third-order valence-corrected chi connectivity index (χ3v) is 5.73. The van der Waals surface area contributed by atoms with Crippen molar-refractivity contribution in [3.63, 3.8) is 0 Å². The number of fused-ring (bicyclic) bond motifs is 3.